The molecule has 2 rings (SSSR count). The zero-order chi connectivity index (χ0) is 11.1. The lowest BCUT2D eigenvalue weighted by molar-refractivity contribution is 0.414. The molecule has 0 bridgehead atoms. The van der Waals surface area contributed by atoms with Gasteiger partial charge in [0.2, 0.25) is 0 Å². The lowest BCUT2D eigenvalue weighted by atomic mass is 9.83. The molecule has 0 aliphatic heterocycles. The molecule has 1 heteroatoms. The number of fused-ring (bicyclic) bond motifs is 1. The monoisotopic (exact) mass is 202 g/mol. The molecule has 0 N–H and O–H groups in total. The van der Waals surface area contributed by atoms with E-state index in [0.717, 1.165) is 12.2 Å². The highest BCUT2D eigenvalue weighted by molar-refractivity contribution is 5.77. The Morgan fingerprint density at radius 2 is 1.93 bits per heavy atom. The van der Waals surface area contributed by atoms with Crippen molar-refractivity contribution in [3.63, 3.8) is 0 Å². The standard InChI is InChI=1S/C14H18O/c1-14(2,3)13-8-6-10-5-7-11(15-4)9-12(10)13/h5,7-9H,6H2,1-4H3. The van der Waals surface area contributed by atoms with Gasteiger partial charge in [0.15, 0.2) is 0 Å². The Bertz CT molecular complexity index is 408. The molecule has 0 radical (unpaired) electrons. The zero-order valence-corrected chi connectivity index (χ0v) is 9.92. The van der Waals surface area contributed by atoms with Crippen molar-refractivity contribution in [3.8, 4) is 5.75 Å². The first kappa shape index (κ1) is 10.3. The van der Waals surface area contributed by atoms with E-state index >= 15 is 0 Å². The van der Waals surface area contributed by atoms with Crippen LogP contribution in [-0.2, 0) is 6.42 Å². The summed E-state index contributed by atoms with van der Waals surface area (Å²) < 4.78 is 5.27. The number of hydrogen-bond acceptors (Lipinski definition) is 1. The SMILES string of the molecule is COc1ccc2c(c1)C(C(C)(C)C)=CC2. The topological polar surface area (TPSA) is 9.23 Å². The summed E-state index contributed by atoms with van der Waals surface area (Å²) in [6.45, 7) is 6.77. The number of hydrogen-bond donors (Lipinski definition) is 0. The predicted octanol–water partition coefficient (Wildman–Crippen LogP) is 3.68. The molecule has 0 fully saturated rings. The van der Waals surface area contributed by atoms with Crippen LogP contribution < -0.4 is 4.74 Å². The number of allylic oxidation sites excluding steroid dienone is 2. The van der Waals surface area contributed by atoms with E-state index < -0.39 is 0 Å². The van der Waals surface area contributed by atoms with Crippen molar-refractivity contribution < 1.29 is 4.74 Å². The molecule has 0 saturated heterocycles. The fourth-order valence-corrected chi connectivity index (χ4v) is 2.14. The van der Waals surface area contributed by atoms with E-state index in [-0.39, 0.29) is 5.41 Å². The predicted molar refractivity (Wildman–Crippen MR) is 64.1 cm³/mol. The second-order valence-electron chi connectivity index (χ2n) is 5.10. The maximum absolute atomic E-state index is 5.27. The van der Waals surface area contributed by atoms with Crippen LogP contribution in [0.1, 0.15) is 31.9 Å². The molecule has 0 atom stereocenters. The minimum absolute atomic E-state index is 0.220. The van der Waals surface area contributed by atoms with E-state index in [0.29, 0.717) is 0 Å². The van der Waals surface area contributed by atoms with Crippen LogP contribution in [0, 0.1) is 5.41 Å². The fourth-order valence-electron chi connectivity index (χ4n) is 2.14. The maximum Gasteiger partial charge on any atom is 0.119 e. The van der Waals surface area contributed by atoms with E-state index in [4.69, 9.17) is 4.74 Å². The molecule has 0 saturated carbocycles. The van der Waals surface area contributed by atoms with Crippen molar-refractivity contribution in [1.82, 2.24) is 0 Å². The fraction of sp³-hybridized carbons (Fsp3) is 0.429. The molecule has 1 nitrogen and oxygen atoms in total. The summed E-state index contributed by atoms with van der Waals surface area (Å²) in [6.07, 6.45) is 3.40. The molecule has 0 unspecified atom stereocenters. The molecule has 1 aromatic carbocycles. The van der Waals surface area contributed by atoms with Crippen molar-refractivity contribution in [1.29, 1.82) is 0 Å². The molecule has 1 aromatic rings. The van der Waals surface area contributed by atoms with Crippen LogP contribution in [-0.4, -0.2) is 7.11 Å². The van der Waals surface area contributed by atoms with Crippen LogP contribution >= 0.6 is 0 Å². The van der Waals surface area contributed by atoms with E-state index in [1.54, 1.807) is 7.11 Å². The van der Waals surface area contributed by atoms with Crippen LogP contribution in [0.15, 0.2) is 24.3 Å². The highest BCUT2D eigenvalue weighted by Gasteiger charge is 2.24. The minimum atomic E-state index is 0.220. The number of rotatable bonds is 1. The first-order valence-electron chi connectivity index (χ1n) is 5.40. The van der Waals surface area contributed by atoms with Crippen LogP contribution in [0.5, 0.6) is 5.75 Å². The molecular formula is C14H18O. The molecule has 0 heterocycles. The largest absolute Gasteiger partial charge is 0.497 e. The van der Waals surface area contributed by atoms with Gasteiger partial charge < -0.3 is 4.74 Å². The molecule has 15 heavy (non-hydrogen) atoms. The van der Waals surface area contributed by atoms with Gasteiger partial charge in [0.25, 0.3) is 0 Å². The van der Waals surface area contributed by atoms with Crippen molar-refractivity contribution in [2.24, 2.45) is 5.41 Å². The molecule has 0 amide bonds. The third-order valence-corrected chi connectivity index (χ3v) is 2.94. The van der Waals surface area contributed by atoms with Crippen molar-refractivity contribution in [2.75, 3.05) is 7.11 Å². The van der Waals surface area contributed by atoms with Gasteiger partial charge >= 0.3 is 0 Å². The summed E-state index contributed by atoms with van der Waals surface area (Å²) in [5, 5.41) is 0. The highest BCUT2D eigenvalue weighted by Crippen LogP contribution is 2.41. The Hall–Kier alpha value is -1.24. The molecule has 0 spiro atoms. The zero-order valence-electron chi connectivity index (χ0n) is 9.92. The van der Waals surface area contributed by atoms with E-state index in [1.165, 1.54) is 16.7 Å². The quantitative estimate of drug-likeness (QED) is 0.675. The van der Waals surface area contributed by atoms with Gasteiger partial charge in [-0.25, -0.2) is 0 Å². The second kappa shape index (κ2) is 3.41. The average molecular weight is 202 g/mol. The number of methoxy groups -OCH3 is 1. The summed E-state index contributed by atoms with van der Waals surface area (Å²) in [5.74, 6) is 0.950. The van der Waals surface area contributed by atoms with Crippen LogP contribution in [0.3, 0.4) is 0 Å². The molecule has 80 valence electrons. The van der Waals surface area contributed by atoms with Crippen molar-refractivity contribution in [3.05, 3.63) is 35.4 Å². The summed E-state index contributed by atoms with van der Waals surface area (Å²) in [7, 11) is 1.72. The van der Waals surface area contributed by atoms with E-state index in [9.17, 15) is 0 Å². The van der Waals surface area contributed by atoms with Gasteiger partial charge in [-0.15, -0.1) is 0 Å². The lowest BCUT2D eigenvalue weighted by Gasteiger charge is -2.22. The molecule has 1 aliphatic rings. The van der Waals surface area contributed by atoms with Crippen molar-refractivity contribution in [2.45, 2.75) is 27.2 Å². The third kappa shape index (κ3) is 1.79. The van der Waals surface area contributed by atoms with Gasteiger partial charge in [0.05, 0.1) is 7.11 Å². The Kier molecular flexibility index (Phi) is 2.34. The van der Waals surface area contributed by atoms with Gasteiger partial charge in [-0.05, 0) is 40.7 Å². The summed E-state index contributed by atoms with van der Waals surface area (Å²) in [4.78, 5) is 0. The van der Waals surface area contributed by atoms with Crippen LogP contribution in [0.25, 0.3) is 5.57 Å². The Balaban J connectivity index is 2.47. The molecule has 0 aromatic heterocycles. The molecular weight excluding hydrogens is 184 g/mol. The average Bonchev–Trinajstić information content (AvgIpc) is 2.59. The normalized spacial score (nSPS) is 14.8. The summed E-state index contributed by atoms with van der Waals surface area (Å²) in [5.41, 5.74) is 4.44. The second-order valence-corrected chi connectivity index (χ2v) is 5.10. The summed E-state index contributed by atoms with van der Waals surface area (Å²) in [6, 6.07) is 6.36. The van der Waals surface area contributed by atoms with Crippen molar-refractivity contribution >= 4 is 5.57 Å². The Morgan fingerprint density at radius 1 is 1.20 bits per heavy atom. The number of ether oxygens (including phenoxy) is 1. The lowest BCUT2D eigenvalue weighted by Crippen LogP contribution is -2.07. The minimum Gasteiger partial charge on any atom is -0.497 e. The van der Waals surface area contributed by atoms with Crippen LogP contribution in [0.4, 0.5) is 0 Å². The van der Waals surface area contributed by atoms with Crippen LogP contribution in [0.2, 0.25) is 0 Å². The van der Waals surface area contributed by atoms with Gasteiger partial charge in [-0.2, -0.15) is 0 Å². The third-order valence-electron chi connectivity index (χ3n) is 2.94. The van der Waals surface area contributed by atoms with Gasteiger partial charge in [0, 0.05) is 0 Å². The van der Waals surface area contributed by atoms with Gasteiger partial charge in [-0.1, -0.05) is 32.9 Å². The molecule has 1 aliphatic carbocycles. The van der Waals surface area contributed by atoms with Gasteiger partial charge in [0.1, 0.15) is 5.75 Å². The smallest absolute Gasteiger partial charge is 0.119 e. The maximum atomic E-state index is 5.27. The van der Waals surface area contributed by atoms with E-state index in [2.05, 4.69) is 39.0 Å². The van der Waals surface area contributed by atoms with Gasteiger partial charge in [-0.3, -0.25) is 0 Å². The highest BCUT2D eigenvalue weighted by atomic mass is 16.5. The first-order valence-corrected chi connectivity index (χ1v) is 5.40. The number of benzene rings is 1. The Labute approximate surface area is 91.8 Å². The Morgan fingerprint density at radius 3 is 2.53 bits per heavy atom. The first-order chi connectivity index (χ1) is 7.02. The van der Waals surface area contributed by atoms with E-state index in [1.807, 2.05) is 6.07 Å². The summed E-state index contributed by atoms with van der Waals surface area (Å²) >= 11 is 0.